The molecule has 1 aliphatic heterocycles. The Bertz CT molecular complexity index is 311. The van der Waals surface area contributed by atoms with Crippen LogP contribution in [0.4, 0.5) is 0 Å². The lowest BCUT2D eigenvalue weighted by Crippen LogP contribution is -2.86. The summed E-state index contributed by atoms with van der Waals surface area (Å²) in [6, 6.07) is 7.65. The van der Waals surface area contributed by atoms with E-state index in [1.54, 1.807) is 0 Å². The molecular formula is C13H20N+. The van der Waals surface area contributed by atoms with E-state index in [0.717, 1.165) is 6.04 Å². The van der Waals surface area contributed by atoms with E-state index in [1.807, 2.05) is 0 Å². The first-order valence-electron chi connectivity index (χ1n) is 5.68. The first kappa shape index (κ1) is 9.72. The SMILES string of the molecule is Cc1ccc([C@H]2CCCC[NH2+]2)cc1C. The summed E-state index contributed by atoms with van der Waals surface area (Å²) >= 11 is 0. The average molecular weight is 190 g/mol. The van der Waals surface area contributed by atoms with E-state index in [0.29, 0.717) is 0 Å². The van der Waals surface area contributed by atoms with Gasteiger partial charge in [-0.25, -0.2) is 0 Å². The highest BCUT2D eigenvalue weighted by Crippen LogP contribution is 2.20. The Labute approximate surface area is 86.5 Å². The van der Waals surface area contributed by atoms with Crippen LogP contribution < -0.4 is 5.32 Å². The Morgan fingerprint density at radius 3 is 2.64 bits per heavy atom. The van der Waals surface area contributed by atoms with Crippen molar-refractivity contribution in [1.29, 1.82) is 0 Å². The largest absolute Gasteiger partial charge is 0.340 e. The zero-order chi connectivity index (χ0) is 9.97. The van der Waals surface area contributed by atoms with Crippen molar-refractivity contribution in [2.75, 3.05) is 6.54 Å². The predicted octanol–water partition coefficient (Wildman–Crippen LogP) is 2.09. The van der Waals surface area contributed by atoms with Crippen molar-refractivity contribution >= 4 is 0 Å². The lowest BCUT2D eigenvalue weighted by molar-refractivity contribution is -0.704. The monoisotopic (exact) mass is 190 g/mol. The van der Waals surface area contributed by atoms with Gasteiger partial charge in [0.2, 0.25) is 0 Å². The van der Waals surface area contributed by atoms with Crippen LogP contribution in [0.25, 0.3) is 0 Å². The summed E-state index contributed by atoms with van der Waals surface area (Å²) in [5, 5.41) is 2.49. The summed E-state index contributed by atoms with van der Waals surface area (Å²) in [4.78, 5) is 0. The molecule has 0 radical (unpaired) electrons. The van der Waals surface area contributed by atoms with E-state index >= 15 is 0 Å². The smallest absolute Gasteiger partial charge is 0.112 e. The van der Waals surface area contributed by atoms with Crippen LogP contribution in [0.15, 0.2) is 18.2 Å². The summed E-state index contributed by atoms with van der Waals surface area (Å²) in [7, 11) is 0. The van der Waals surface area contributed by atoms with E-state index in [9.17, 15) is 0 Å². The number of nitrogens with two attached hydrogens (primary N) is 1. The maximum Gasteiger partial charge on any atom is 0.112 e. The van der Waals surface area contributed by atoms with Gasteiger partial charge in [0.05, 0.1) is 6.54 Å². The number of hydrogen-bond donors (Lipinski definition) is 1. The first-order chi connectivity index (χ1) is 6.77. The molecule has 0 amide bonds. The number of quaternary nitrogens is 1. The van der Waals surface area contributed by atoms with E-state index < -0.39 is 0 Å². The number of benzene rings is 1. The summed E-state index contributed by atoms with van der Waals surface area (Å²) < 4.78 is 0. The van der Waals surface area contributed by atoms with Gasteiger partial charge >= 0.3 is 0 Å². The quantitative estimate of drug-likeness (QED) is 0.698. The van der Waals surface area contributed by atoms with E-state index in [2.05, 4.69) is 37.4 Å². The molecule has 2 rings (SSSR count). The van der Waals surface area contributed by atoms with E-state index in [1.165, 1.54) is 42.5 Å². The van der Waals surface area contributed by atoms with Gasteiger partial charge in [0.25, 0.3) is 0 Å². The van der Waals surface area contributed by atoms with Gasteiger partial charge in [0.15, 0.2) is 0 Å². The van der Waals surface area contributed by atoms with Gasteiger partial charge in [0, 0.05) is 12.0 Å². The average Bonchev–Trinajstić information content (AvgIpc) is 2.23. The minimum atomic E-state index is 0.725. The van der Waals surface area contributed by atoms with Gasteiger partial charge < -0.3 is 5.32 Å². The highest BCUT2D eigenvalue weighted by molar-refractivity contribution is 5.30. The zero-order valence-electron chi connectivity index (χ0n) is 9.22. The molecule has 0 bridgehead atoms. The second-order valence-electron chi connectivity index (χ2n) is 4.47. The van der Waals surface area contributed by atoms with Crippen LogP contribution in [-0.4, -0.2) is 6.54 Å². The summed E-state index contributed by atoms with van der Waals surface area (Å²) in [6.45, 7) is 5.70. The predicted molar refractivity (Wildman–Crippen MR) is 59.3 cm³/mol. The van der Waals surface area contributed by atoms with Crippen LogP contribution in [-0.2, 0) is 0 Å². The van der Waals surface area contributed by atoms with Gasteiger partial charge in [-0.2, -0.15) is 0 Å². The van der Waals surface area contributed by atoms with Crippen molar-refractivity contribution < 1.29 is 5.32 Å². The van der Waals surface area contributed by atoms with Crippen molar-refractivity contribution in [2.24, 2.45) is 0 Å². The maximum absolute atomic E-state index is 2.49. The molecule has 1 heterocycles. The Morgan fingerprint density at radius 1 is 1.14 bits per heavy atom. The minimum Gasteiger partial charge on any atom is -0.340 e. The fraction of sp³-hybridized carbons (Fsp3) is 0.538. The topological polar surface area (TPSA) is 16.6 Å². The summed E-state index contributed by atoms with van der Waals surface area (Å²) in [6.07, 6.45) is 4.14. The molecule has 1 atom stereocenters. The van der Waals surface area contributed by atoms with Crippen LogP contribution in [0, 0.1) is 13.8 Å². The van der Waals surface area contributed by atoms with Crippen molar-refractivity contribution in [3.63, 3.8) is 0 Å². The van der Waals surface area contributed by atoms with Gasteiger partial charge in [0.1, 0.15) is 6.04 Å². The molecule has 1 heteroatoms. The number of rotatable bonds is 1. The molecule has 0 unspecified atom stereocenters. The molecule has 1 saturated heterocycles. The van der Waals surface area contributed by atoms with Crippen molar-refractivity contribution in [3.05, 3.63) is 34.9 Å². The highest BCUT2D eigenvalue weighted by atomic mass is 14.9. The summed E-state index contributed by atoms with van der Waals surface area (Å²) in [5.74, 6) is 0. The van der Waals surface area contributed by atoms with Crippen LogP contribution in [0.2, 0.25) is 0 Å². The third kappa shape index (κ3) is 1.98. The second kappa shape index (κ2) is 4.14. The fourth-order valence-electron chi connectivity index (χ4n) is 2.24. The second-order valence-corrected chi connectivity index (χ2v) is 4.47. The normalized spacial score (nSPS) is 22.3. The maximum atomic E-state index is 2.49. The lowest BCUT2D eigenvalue weighted by atomic mass is 9.95. The molecule has 1 aromatic rings. The lowest BCUT2D eigenvalue weighted by Gasteiger charge is -2.21. The fourth-order valence-corrected chi connectivity index (χ4v) is 2.24. The molecular weight excluding hydrogens is 170 g/mol. The van der Waals surface area contributed by atoms with Gasteiger partial charge in [-0.05, 0) is 43.9 Å². The Kier molecular flexibility index (Phi) is 2.87. The Morgan fingerprint density at radius 2 is 2.00 bits per heavy atom. The van der Waals surface area contributed by atoms with Gasteiger partial charge in [-0.3, -0.25) is 0 Å². The minimum absolute atomic E-state index is 0.725. The van der Waals surface area contributed by atoms with Gasteiger partial charge in [-0.1, -0.05) is 12.1 Å². The molecule has 0 saturated carbocycles. The molecule has 0 spiro atoms. The van der Waals surface area contributed by atoms with Crippen LogP contribution in [0.1, 0.15) is 42.0 Å². The molecule has 1 fully saturated rings. The van der Waals surface area contributed by atoms with Crippen molar-refractivity contribution in [1.82, 2.24) is 0 Å². The van der Waals surface area contributed by atoms with Crippen molar-refractivity contribution in [3.8, 4) is 0 Å². The van der Waals surface area contributed by atoms with Crippen LogP contribution in [0.3, 0.4) is 0 Å². The highest BCUT2D eigenvalue weighted by Gasteiger charge is 2.18. The molecule has 14 heavy (non-hydrogen) atoms. The molecule has 0 aromatic heterocycles. The molecule has 1 aromatic carbocycles. The zero-order valence-corrected chi connectivity index (χ0v) is 9.22. The molecule has 0 aliphatic carbocycles. The first-order valence-corrected chi connectivity index (χ1v) is 5.68. The van der Waals surface area contributed by atoms with Crippen LogP contribution >= 0.6 is 0 Å². The standard InChI is InChI=1S/C13H19N/c1-10-6-7-12(9-11(10)2)13-5-3-4-8-14-13/h6-7,9,13-14H,3-5,8H2,1-2H3/p+1/t13-/m1/s1. The molecule has 1 nitrogen and oxygen atoms in total. The van der Waals surface area contributed by atoms with Crippen molar-refractivity contribution in [2.45, 2.75) is 39.2 Å². The molecule has 2 N–H and O–H groups in total. The van der Waals surface area contributed by atoms with Gasteiger partial charge in [-0.15, -0.1) is 0 Å². The van der Waals surface area contributed by atoms with E-state index in [-0.39, 0.29) is 0 Å². The molecule has 1 aliphatic rings. The molecule has 76 valence electrons. The Balaban J connectivity index is 2.18. The number of hydrogen-bond acceptors (Lipinski definition) is 0. The Hall–Kier alpha value is -0.820. The van der Waals surface area contributed by atoms with E-state index in [4.69, 9.17) is 0 Å². The van der Waals surface area contributed by atoms with Crippen LogP contribution in [0.5, 0.6) is 0 Å². The third-order valence-electron chi connectivity index (χ3n) is 3.38. The number of piperidine rings is 1. The third-order valence-corrected chi connectivity index (χ3v) is 3.38. The number of aryl methyl sites for hydroxylation is 2. The summed E-state index contributed by atoms with van der Waals surface area (Å²) in [5.41, 5.74) is 4.36.